The minimum absolute atomic E-state index is 0.406. The molecule has 0 radical (unpaired) electrons. The van der Waals surface area contributed by atoms with Crippen LogP contribution in [0.4, 0.5) is 5.69 Å². The van der Waals surface area contributed by atoms with Crippen molar-refractivity contribution in [2.45, 2.75) is 44.8 Å². The van der Waals surface area contributed by atoms with Crippen LogP contribution in [0, 0.1) is 0 Å². The van der Waals surface area contributed by atoms with Gasteiger partial charge in [-0.05, 0) is 31.4 Å². The van der Waals surface area contributed by atoms with Gasteiger partial charge in [0.2, 0.25) is 0 Å². The van der Waals surface area contributed by atoms with Gasteiger partial charge in [-0.1, -0.05) is 24.9 Å². The molecule has 2 heterocycles. The molecule has 17 heavy (non-hydrogen) atoms. The van der Waals surface area contributed by atoms with E-state index in [-0.39, 0.29) is 0 Å². The van der Waals surface area contributed by atoms with Crippen molar-refractivity contribution in [2.24, 2.45) is 0 Å². The van der Waals surface area contributed by atoms with Crippen molar-refractivity contribution in [3.05, 3.63) is 23.5 Å². The van der Waals surface area contributed by atoms with Crippen LogP contribution in [0.15, 0.2) is 18.3 Å². The highest BCUT2D eigenvalue weighted by Gasteiger charge is 2.21. The van der Waals surface area contributed by atoms with Crippen molar-refractivity contribution >= 4 is 17.3 Å². The molecule has 0 spiro atoms. The second-order valence-electron chi connectivity index (χ2n) is 4.51. The summed E-state index contributed by atoms with van der Waals surface area (Å²) in [7, 11) is 0. The smallest absolute Gasteiger partial charge is 0.131 e. The predicted molar refractivity (Wildman–Crippen MR) is 70.5 cm³/mol. The van der Waals surface area contributed by atoms with Crippen molar-refractivity contribution in [1.82, 2.24) is 4.98 Å². The normalized spacial score (nSPS) is 24.6. The summed E-state index contributed by atoms with van der Waals surface area (Å²) in [6.45, 7) is 3.05. The lowest BCUT2D eigenvalue weighted by Crippen LogP contribution is -2.33. The Labute approximate surface area is 108 Å². The molecule has 0 aliphatic carbocycles. The van der Waals surface area contributed by atoms with Gasteiger partial charge in [-0.2, -0.15) is 0 Å². The molecule has 2 rings (SSSR count). The van der Waals surface area contributed by atoms with Crippen LogP contribution in [0.5, 0.6) is 0 Å². The molecule has 3 nitrogen and oxygen atoms in total. The van der Waals surface area contributed by atoms with E-state index >= 15 is 0 Å². The highest BCUT2D eigenvalue weighted by atomic mass is 35.5. The van der Waals surface area contributed by atoms with Gasteiger partial charge in [0.1, 0.15) is 5.15 Å². The Balaban J connectivity index is 1.90. The van der Waals surface area contributed by atoms with Gasteiger partial charge in [0.15, 0.2) is 0 Å². The van der Waals surface area contributed by atoms with Crippen LogP contribution >= 0.6 is 11.6 Å². The third kappa shape index (κ3) is 3.86. The number of aromatic nitrogens is 1. The van der Waals surface area contributed by atoms with Crippen molar-refractivity contribution in [2.75, 3.05) is 11.9 Å². The molecule has 94 valence electrons. The average molecular weight is 255 g/mol. The maximum absolute atomic E-state index is 5.87. The lowest BCUT2D eigenvalue weighted by atomic mass is 10.00. The summed E-state index contributed by atoms with van der Waals surface area (Å²) < 4.78 is 5.73. The summed E-state index contributed by atoms with van der Waals surface area (Å²) in [4.78, 5) is 3.98. The van der Waals surface area contributed by atoms with Gasteiger partial charge in [0.25, 0.3) is 0 Å². The summed E-state index contributed by atoms with van der Waals surface area (Å²) >= 11 is 5.87. The minimum Gasteiger partial charge on any atom is -0.382 e. The van der Waals surface area contributed by atoms with Crippen LogP contribution in [0.1, 0.15) is 32.6 Å². The Bertz CT molecular complexity index is 357. The first-order valence-electron chi connectivity index (χ1n) is 6.27. The van der Waals surface area contributed by atoms with E-state index in [9.17, 15) is 0 Å². The fraction of sp³-hybridized carbons (Fsp3) is 0.615. The number of ether oxygens (including phenoxy) is 1. The Morgan fingerprint density at radius 2 is 2.47 bits per heavy atom. The summed E-state index contributed by atoms with van der Waals surface area (Å²) in [6.07, 6.45) is 6.60. The SMILES string of the molecule is CCCC1CC(Nc2ccnc(Cl)c2)CCO1. The fourth-order valence-corrected chi connectivity index (χ4v) is 2.44. The molecule has 0 saturated carbocycles. The van der Waals surface area contributed by atoms with Gasteiger partial charge < -0.3 is 10.1 Å². The Morgan fingerprint density at radius 1 is 1.59 bits per heavy atom. The third-order valence-electron chi connectivity index (χ3n) is 3.08. The fourth-order valence-electron chi connectivity index (χ4n) is 2.26. The molecule has 1 aliphatic rings. The van der Waals surface area contributed by atoms with Gasteiger partial charge in [-0.3, -0.25) is 0 Å². The van der Waals surface area contributed by atoms with E-state index in [1.165, 1.54) is 6.42 Å². The number of anilines is 1. The summed E-state index contributed by atoms with van der Waals surface area (Å²) in [5.41, 5.74) is 1.05. The molecule has 2 unspecified atom stereocenters. The summed E-state index contributed by atoms with van der Waals surface area (Å²) in [5, 5.41) is 4.04. The lowest BCUT2D eigenvalue weighted by molar-refractivity contribution is 0.00598. The molecule has 1 saturated heterocycles. The maximum atomic E-state index is 5.87. The molecule has 1 aromatic rings. The van der Waals surface area contributed by atoms with Gasteiger partial charge in [-0.25, -0.2) is 4.98 Å². The van der Waals surface area contributed by atoms with Crippen LogP contribution in [0.2, 0.25) is 5.15 Å². The number of rotatable bonds is 4. The van der Waals surface area contributed by atoms with Gasteiger partial charge in [0, 0.05) is 24.5 Å². The van der Waals surface area contributed by atoms with Crippen molar-refractivity contribution in [3.8, 4) is 0 Å². The van der Waals surface area contributed by atoms with Gasteiger partial charge in [0.05, 0.1) is 6.10 Å². The Morgan fingerprint density at radius 3 is 3.24 bits per heavy atom. The zero-order chi connectivity index (χ0) is 12.1. The molecule has 0 amide bonds. The first-order chi connectivity index (χ1) is 8.28. The Kier molecular flexibility index (Phi) is 4.63. The molecule has 0 bridgehead atoms. The van der Waals surface area contributed by atoms with Gasteiger partial charge >= 0.3 is 0 Å². The third-order valence-corrected chi connectivity index (χ3v) is 3.28. The number of nitrogens with zero attached hydrogens (tertiary/aromatic N) is 1. The second-order valence-corrected chi connectivity index (χ2v) is 4.90. The summed E-state index contributed by atoms with van der Waals surface area (Å²) in [6, 6.07) is 4.31. The van der Waals surface area contributed by atoms with Crippen molar-refractivity contribution in [3.63, 3.8) is 0 Å². The molecule has 1 N–H and O–H groups in total. The van der Waals surface area contributed by atoms with Crippen LogP contribution in [0.25, 0.3) is 0 Å². The molecule has 1 aromatic heterocycles. The molecule has 1 fully saturated rings. The monoisotopic (exact) mass is 254 g/mol. The first-order valence-corrected chi connectivity index (χ1v) is 6.65. The van der Waals surface area contributed by atoms with E-state index in [2.05, 4.69) is 17.2 Å². The molecule has 0 aromatic carbocycles. The van der Waals surface area contributed by atoms with Gasteiger partial charge in [-0.15, -0.1) is 0 Å². The van der Waals surface area contributed by atoms with E-state index in [0.717, 1.165) is 31.6 Å². The highest BCUT2D eigenvalue weighted by molar-refractivity contribution is 6.29. The van der Waals surface area contributed by atoms with Crippen LogP contribution < -0.4 is 5.32 Å². The number of pyridine rings is 1. The number of nitrogens with one attached hydrogen (secondary N) is 1. The standard InChI is InChI=1S/C13H19ClN2O/c1-2-3-12-8-11(5-7-17-12)16-10-4-6-15-13(14)9-10/h4,6,9,11-12H,2-3,5,7-8H2,1H3,(H,15,16). The predicted octanol–water partition coefficient (Wildman–Crippen LogP) is 3.49. The first kappa shape index (κ1) is 12.7. The van der Waals surface area contributed by atoms with Crippen LogP contribution in [0.3, 0.4) is 0 Å². The highest BCUT2D eigenvalue weighted by Crippen LogP contribution is 2.22. The number of halogens is 1. The second kappa shape index (κ2) is 6.22. The van der Waals surface area contributed by atoms with E-state index in [0.29, 0.717) is 17.3 Å². The topological polar surface area (TPSA) is 34.2 Å². The van der Waals surface area contributed by atoms with E-state index < -0.39 is 0 Å². The molecular formula is C13H19ClN2O. The van der Waals surface area contributed by atoms with E-state index in [4.69, 9.17) is 16.3 Å². The molecule has 2 atom stereocenters. The summed E-state index contributed by atoms with van der Waals surface area (Å²) in [5.74, 6) is 0. The number of hydrogen-bond acceptors (Lipinski definition) is 3. The Hall–Kier alpha value is -0.800. The zero-order valence-electron chi connectivity index (χ0n) is 10.2. The molecular weight excluding hydrogens is 236 g/mol. The van der Waals surface area contributed by atoms with E-state index in [1.807, 2.05) is 12.1 Å². The lowest BCUT2D eigenvalue weighted by Gasteiger charge is -2.30. The maximum Gasteiger partial charge on any atom is 0.131 e. The largest absolute Gasteiger partial charge is 0.382 e. The number of hydrogen-bond donors (Lipinski definition) is 1. The quantitative estimate of drug-likeness (QED) is 0.836. The van der Waals surface area contributed by atoms with E-state index in [1.54, 1.807) is 6.20 Å². The van der Waals surface area contributed by atoms with Crippen molar-refractivity contribution < 1.29 is 4.74 Å². The molecule has 1 aliphatic heterocycles. The molecule has 4 heteroatoms. The zero-order valence-corrected chi connectivity index (χ0v) is 10.9. The van der Waals surface area contributed by atoms with Crippen LogP contribution in [-0.2, 0) is 4.74 Å². The van der Waals surface area contributed by atoms with Crippen LogP contribution in [-0.4, -0.2) is 23.7 Å². The average Bonchev–Trinajstić information content (AvgIpc) is 2.30. The van der Waals surface area contributed by atoms with Crippen molar-refractivity contribution in [1.29, 1.82) is 0 Å². The minimum atomic E-state index is 0.406.